The van der Waals surface area contributed by atoms with Crippen LogP contribution < -0.4 is 15.8 Å². The van der Waals surface area contributed by atoms with Gasteiger partial charge in [-0.3, -0.25) is 4.79 Å². The molecule has 1 aliphatic carbocycles. The average Bonchev–Trinajstić information content (AvgIpc) is 2.51. The Hall–Kier alpha value is -1.69. The number of nitrogens with two attached hydrogens (primary N) is 1. The van der Waals surface area contributed by atoms with E-state index in [4.69, 9.17) is 10.5 Å². The first kappa shape index (κ1) is 16.7. The lowest BCUT2D eigenvalue weighted by Crippen LogP contribution is -2.54. The van der Waals surface area contributed by atoms with Crippen LogP contribution in [0.3, 0.4) is 0 Å². The standard InChI is InChI=1S/C16H22F2N2O2/c17-14(18)11-22-13-6-4-5-12(9-13)10-20-15(21)16(19)7-2-1-3-8-16/h4-6,9,14H,1-3,7-8,10-11,19H2,(H,20,21). The smallest absolute Gasteiger partial charge is 0.272 e. The van der Waals surface area contributed by atoms with Gasteiger partial charge in [0.15, 0.2) is 0 Å². The van der Waals surface area contributed by atoms with Gasteiger partial charge in [-0.15, -0.1) is 0 Å². The maximum absolute atomic E-state index is 12.2. The molecule has 0 atom stereocenters. The molecule has 0 aromatic heterocycles. The summed E-state index contributed by atoms with van der Waals surface area (Å²) in [5.74, 6) is 0.221. The molecule has 0 saturated heterocycles. The summed E-state index contributed by atoms with van der Waals surface area (Å²) >= 11 is 0. The Balaban J connectivity index is 1.88. The molecule has 4 nitrogen and oxygen atoms in total. The Morgan fingerprint density at radius 2 is 2.05 bits per heavy atom. The van der Waals surface area contributed by atoms with Gasteiger partial charge in [-0.25, -0.2) is 8.78 Å². The van der Waals surface area contributed by atoms with E-state index in [-0.39, 0.29) is 5.91 Å². The first-order chi connectivity index (χ1) is 10.5. The van der Waals surface area contributed by atoms with E-state index in [0.717, 1.165) is 24.8 Å². The van der Waals surface area contributed by atoms with E-state index < -0.39 is 18.6 Å². The van der Waals surface area contributed by atoms with Crippen molar-refractivity contribution in [2.75, 3.05) is 6.61 Å². The molecule has 0 bridgehead atoms. The second-order valence-electron chi connectivity index (χ2n) is 5.75. The van der Waals surface area contributed by atoms with Gasteiger partial charge >= 0.3 is 0 Å². The predicted octanol–water partition coefficient (Wildman–Crippen LogP) is 2.61. The molecule has 0 unspecified atom stereocenters. The van der Waals surface area contributed by atoms with Crippen LogP contribution in [0.4, 0.5) is 8.78 Å². The van der Waals surface area contributed by atoms with Gasteiger partial charge in [-0.1, -0.05) is 31.4 Å². The zero-order chi connectivity index (χ0) is 16.0. The van der Waals surface area contributed by atoms with Gasteiger partial charge in [0.1, 0.15) is 12.4 Å². The summed E-state index contributed by atoms with van der Waals surface area (Å²) in [6, 6.07) is 6.77. The van der Waals surface area contributed by atoms with Gasteiger partial charge < -0.3 is 15.8 Å². The van der Waals surface area contributed by atoms with E-state index in [1.165, 1.54) is 0 Å². The highest BCUT2D eigenvalue weighted by molar-refractivity contribution is 5.86. The number of rotatable bonds is 6. The third kappa shape index (κ3) is 4.66. The van der Waals surface area contributed by atoms with Crippen molar-refractivity contribution in [3.63, 3.8) is 0 Å². The van der Waals surface area contributed by atoms with Crippen LogP contribution in [0, 0.1) is 0 Å². The molecular formula is C16H22F2N2O2. The molecule has 1 amide bonds. The van der Waals surface area contributed by atoms with Gasteiger partial charge in [-0.2, -0.15) is 0 Å². The van der Waals surface area contributed by atoms with E-state index in [1.54, 1.807) is 24.3 Å². The molecule has 0 heterocycles. The Labute approximate surface area is 129 Å². The molecule has 22 heavy (non-hydrogen) atoms. The fourth-order valence-electron chi connectivity index (χ4n) is 2.67. The second-order valence-corrected chi connectivity index (χ2v) is 5.75. The summed E-state index contributed by atoms with van der Waals surface area (Å²) in [6.45, 7) is -0.328. The molecule has 0 spiro atoms. The summed E-state index contributed by atoms with van der Waals surface area (Å²) in [7, 11) is 0. The van der Waals surface area contributed by atoms with Crippen LogP contribution in [-0.2, 0) is 11.3 Å². The SMILES string of the molecule is NC1(C(=O)NCc2cccc(OCC(F)F)c2)CCCCC1. The highest BCUT2D eigenvalue weighted by atomic mass is 19.3. The second kappa shape index (κ2) is 7.54. The van der Waals surface area contributed by atoms with E-state index in [2.05, 4.69) is 5.32 Å². The van der Waals surface area contributed by atoms with Gasteiger partial charge in [0, 0.05) is 6.54 Å². The largest absolute Gasteiger partial charge is 0.488 e. The predicted molar refractivity (Wildman–Crippen MR) is 79.8 cm³/mol. The molecule has 6 heteroatoms. The lowest BCUT2D eigenvalue weighted by Gasteiger charge is -2.31. The molecule has 0 aliphatic heterocycles. The average molecular weight is 312 g/mol. The van der Waals surface area contributed by atoms with Gasteiger partial charge in [0.25, 0.3) is 6.43 Å². The summed E-state index contributed by atoms with van der Waals surface area (Å²) < 4.78 is 29.2. The lowest BCUT2D eigenvalue weighted by molar-refractivity contribution is -0.127. The van der Waals surface area contributed by atoms with E-state index in [0.29, 0.717) is 25.1 Å². The number of carbonyl (C=O) groups is 1. The third-order valence-corrected chi connectivity index (χ3v) is 3.93. The van der Waals surface area contributed by atoms with Crippen LogP contribution in [0.25, 0.3) is 0 Å². The zero-order valence-electron chi connectivity index (χ0n) is 12.5. The van der Waals surface area contributed by atoms with Gasteiger partial charge in [-0.05, 0) is 30.5 Å². The van der Waals surface area contributed by atoms with E-state index in [1.807, 2.05) is 0 Å². The van der Waals surface area contributed by atoms with E-state index >= 15 is 0 Å². The molecule has 0 radical (unpaired) electrons. The minimum atomic E-state index is -2.51. The normalized spacial score (nSPS) is 17.3. The number of amides is 1. The molecule has 1 aromatic rings. The Bertz CT molecular complexity index is 503. The number of nitrogens with one attached hydrogen (secondary N) is 1. The van der Waals surface area contributed by atoms with Crippen molar-refractivity contribution >= 4 is 5.91 Å². The first-order valence-corrected chi connectivity index (χ1v) is 7.57. The Morgan fingerprint density at radius 1 is 1.32 bits per heavy atom. The molecule has 1 aliphatic rings. The lowest BCUT2D eigenvalue weighted by atomic mass is 9.82. The van der Waals surface area contributed by atoms with Gasteiger partial charge in [0.2, 0.25) is 5.91 Å². The summed E-state index contributed by atoms with van der Waals surface area (Å²) in [6.07, 6.45) is 1.97. The third-order valence-electron chi connectivity index (χ3n) is 3.93. The highest BCUT2D eigenvalue weighted by Crippen LogP contribution is 2.26. The molecular weight excluding hydrogens is 290 g/mol. The number of alkyl halides is 2. The van der Waals surface area contributed by atoms with Crippen LogP contribution in [0.15, 0.2) is 24.3 Å². The number of hydrogen-bond acceptors (Lipinski definition) is 3. The number of carbonyl (C=O) groups excluding carboxylic acids is 1. The summed E-state index contributed by atoms with van der Waals surface area (Å²) in [4.78, 5) is 12.2. The van der Waals surface area contributed by atoms with Gasteiger partial charge in [0.05, 0.1) is 5.54 Å². The number of benzene rings is 1. The topological polar surface area (TPSA) is 64.4 Å². The van der Waals surface area contributed by atoms with Crippen LogP contribution in [0.2, 0.25) is 0 Å². The minimum Gasteiger partial charge on any atom is -0.488 e. The molecule has 3 N–H and O–H groups in total. The molecule has 2 rings (SSSR count). The molecule has 1 fully saturated rings. The summed E-state index contributed by atoms with van der Waals surface area (Å²) in [5, 5.41) is 2.83. The van der Waals surface area contributed by atoms with Crippen LogP contribution in [0.5, 0.6) is 5.75 Å². The molecule has 1 aromatic carbocycles. The summed E-state index contributed by atoms with van der Waals surface area (Å²) in [5.41, 5.74) is 6.17. The Morgan fingerprint density at radius 3 is 2.73 bits per heavy atom. The number of hydrogen-bond donors (Lipinski definition) is 2. The monoisotopic (exact) mass is 312 g/mol. The Kier molecular flexibility index (Phi) is 5.71. The maximum Gasteiger partial charge on any atom is 0.272 e. The van der Waals surface area contributed by atoms with Crippen molar-refractivity contribution in [1.29, 1.82) is 0 Å². The number of halogens is 2. The first-order valence-electron chi connectivity index (χ1n) is 7.57. The number of ether oxygens (including phenoxy) is 1. The van der Waals surface area contributed by atoms with Crippen molar-refractivity contribution in [1.82, 2.24) is 5.32 Å². The van der Waals surface area contributed by atoms with Crippen molar-refractivity contribution in [2.45, 2.75) is 50.6 Å². The van der Waals surface area contributed by atoms with Crippen molar-refractivity contribution < 1.29 is 18.3 Å². The molecule has 122 valence electrons. The van der Waals surface area contributed by atoms with Crippen LogP contribution in [0.1, 0.15) is 37.7 Å². The fourth-order valence-corrected chi connectivity index (χ4v) is 2.67. The molecule has 1 saturated carbocycles. The van der Waals surface area contributed by atoms with E-state index in [9.17, 15) is 13.6 Å². The van der Waals surface area contributed by atoms with Crippen molar-refractivity contribution in [3.05, 3.63) is 29.8 Å². The highest BCUT2D eigenvalue weighted by Gasteiger charge is 2.34. The van der Waals surface area contributed by atoms with Crippen LogP contribution in [-0.4, -0.2) is 24.5 Å². The quantitative estimate of drug-likeness (QED) is 0.848. The van der Waals surface area contributed by atoms with Crippen molar-refractivity contribution in [2.24, 2.45) is 5.73 Å². The maximum atomic E-state index is 12.2. The fraction of sp³-hybridized carbons (Fsp3) is 0.562. The van der Waals surface area contributed by atoms with Crippen molar-refractivity contribution in [3.8, 4) is 5.75 Å². The minimum absolute atomic E-state index is 0.147. The zero-order valence-corrected chi connectivity index (χ0v) is 12.5. The van der Waals surface area contributed by atoms with Crippen LogP contribution >= 0.6 is 0 Å².